The second-order valence-electron chi connectivity index (χ2n) is 28.4. The summed E-state index contributed by atoms with van der Waals surface area (Å²) in [5.74, 6) is -4.54. The number of carboxylic acid groups (broad SMARTS) is 1. The third-order valence-electron chi connectivity index (χ3n) is 19.6. The van der Waals surface area contributed by atoms with Gasteiger partial charge in [-0.1, -0.05) is 242 Å². The van der Waals surface area contributed by atoms with Crippen LogP contribution in [0.15, 0.2) is 248 Å². The number of nitrogens with two attached hydrogens (primary N) is 2. The van der Waals surface area contributed by atoms with Crippen LogP contribution in [0.2, 0.25) is 60.3 Å². The number of thioether (sulfide) groups is 1. The number of rotatable bonds is 23. The molecule has 44 heteroatoms. The number of nitrogens with one attached hydrogen (secondary N) is 4. The smallest absolute Gasteiger partial charge is 0.870 e. The number of carboxylic acids is 1. The molecule has 0 saturated heterocycles. The quantitative estimate of drug-likeness (QED) is 0.0103. The van der Waals surface area contributed by atoms with Gasteiger partial charge in [0.2, 0.25) is 0 Å². The Balaban J connectivity index is 0.000000473. The van der Waals surface area contributed by atoms with Gasteiger partial charge in [0.15, 0.2) is 0 Å². The van der Waals surface area contributed by atoms with Gasteiger partial charge < -0.3 is 57.5 Å². The number of ether oxygens (including phenoxy) is 3. The number of anilines is 2. The number of carbonyl (C=O) groups excluding carboxylic acids is 6. The molecule has 714 valence electrons. The maximum atomic E-state index is 13.1. The number of benzene rings is 11. The first-order valence-corrected chi connectivity index (χ1v) is 47.5. The second-order valence-corrected chi connectivity index (χ2v) is 36.7. The molecule has 6 atom stereocenters. The minimum absolute atomic E-state index is 0. The first kappa shape index (κ1) is 125. The van der Waals surface area contributed by atoms with E-state index in [1.54, 1.807) is 121 Å². The molecule has 0 fully saturated rings. The van der Waals surface area contributed by atoms with Crippen LogP contribution in [0.5, 0.6) is 0 Å². The van der Waals surface area contributed by atoms with Crippen LogP contribution < -0.4 is 126 Å². The zero-order valence-corrected chi connectivity index (χ0v) is 92.6. The number of pyridine rings is 2. The summed E-state index contributed by atoms with van der Waals surface area (Å²) in [5, 5.41) is 27.2. The normalized spacial score (nSPS) is 12.7. The van der Waals surface area contributed by atoms with E-state index in [1.165, 1.54) is 33.5 Å². The SMILES string of the molecule is COC(=O)[C@@H](N)Cc1ccc(N)cc1.COC(=O)[C@H](Cc1ccc2c(c1)C(Sc1ccccc1)CC(c1c(Cl)cccc1Cl)N2)NC(=O)c1c(Cl)cccc1Cl.COC(=O)[C@H](Cc1ccc2nc(-c3c(Cl)cccc3Cl)ccc2c1)NC(=O)c1c(Cl)cccc1Cl.O=C(N[C@@H](Cc1ccc2nc(-c3c(Cl)cccc3Cl)ccc2c1)C(=O)O)c1c(Cl)cccc1Cl.S.S.S.S.[Na+].[Na+].[O-][I+3]([O-])([O-])[O-].[OH-]. The van der Waals surface area contributed by atoms with Gasteiger partial charge in [-0.3, -0.25) is 32.9 Å². The molecule has 1 aliphatic heterocycles. The van der Waals surface area contributed by atoms with Gasteiger partial charge >= 0.3 is 83.0 Å². The number of nitrogen functional groups attached to an aromatic ring is 1. The Bertz CT molecular complexity index is 6230. The molecular weight excluding hydrogens is 2240 g/mol. The standard InChI is InChI=1S/C32H26Cl4N2O3S.C26H18Cl4N2O3.C25H16Cl4N2O3.C10H14N2O2.IO4.2Na.H2O.4H2S/c1-41-32(40)27(38-31(39)30-23(35)11-6-12-24(30)36)16-18-13-14-25-20(15-18)28(42-19-7-3-2-4-8-19)17-26(37-25)29-21(33)9-5-10-22(29)34;1-35-26(34)22(32-25(33)24-18(29)6-3-7-19(24)30)13-14-8-10-20-15(12-14)9-11-21(31-20)23-16(27)4-2-5-17(23)28;26-15-3-1-4-16(27)22(15)20-10-8-14-11-13(7-9-19(14)30-20)12-21(25(33)34)31-24(32)23-17(28)5-2-6-18(23)29;1-14-10(13)9(12)6-7-2-4-8(11)5-3-7;2-1(3,4)5;;;;;;;/h2-15,26-28,37H,16-17H2,1H3,(H,38,39);2-12,22H,13H2,1H3,(H,32,33);1-11,21H,12H2,(H,31,32)(H,33,34);2-5,9H,6,11-12H2,1H3;;;;5*1H2/q;;;;-1;2*+1;;;;;/p-1/t26?,27-,28?;22-;21-;9-;;;;;;;;/m0000......../s1. The molecule has 2 aromatic heterocycles. The predicted octanol–water partition coefficient (Wildman–Crippen LogP) is 10.0. The molecule has 2 unspecified atom stereocenters. The van der Waals surface area contributed by atoms with E-state index in [4.69, 9.17) is 174 Å². The van der Waals surface area contributed by atoms with Crippen molar-refractivity contribution in [2.45, 2.75) is 72.5 Å². The number of esters is 3. The van der Waals surface area contributed by atoms with Crippen molar-refractivity contribution >= 4 is 280 Å². The Morgan fingerprint density at radius 1 is 0.431 bits per heavy atom. The molecule has 10 N–H and O–H groups in total. The molecular formula is C93H83Cl12IN8Na2O16S5. The van der Waals surface area contributed by atoms with E-state index in [9.17, 15) is 38.7 Å². The van der Waals surface area contributed by atoms with E-state index in [0.717, 1.165) is 61.1 Å². The third kappa shape index (κ3) is 36.0. The molecule has 3 heterocycles. The van der Waals surface area contributed by atoms with E-state index < -0.39 is 85.9 Å². The summed E-state index contributed by atoms with van der Waals surface area (Å²) < 4.78 is 48.9. The largest absolute Gasteiger partial charge is 1.00 e. The minimum Gasteiger partial charge on any atom is -0.870 e. The van der Waals surface area contributed by atoms with Crippen LogP contribution in [-0.2, 0) is 59.1 Å². The van der Waals surface area contributed by atoms with E-state index in [-0.39, 0.29) is 196 Å². The molecule has 0 spiro atoms. The van der Waals surface area contributed by atoms with Gasteiger partial charge in [0.25, 0.3) is 17.7 Å². The van der Waals surface area contributed by atoms with Crippen LogP contribution in [0, 0.1) is 0 Å². The Morgan fingerprint density at radius 3 is 1.12 bits per heavy atom. The monoisotopic (exact) mass is 2320 g/mol. The van der Waals surface area contributed by atoms with Gasteiger partial charge in [0.05, 0.1) is 117 Å². The summed E-state index contributed by atoms with van der Waals surface area (Å²) in [4.78, 5) is 97.1. The van der Waals surface area contributed by atoms with Gasteiger partial charge in [-0.05, 0) is 180 Å². The molecule has 0 aliphatic carbocycles. The zero-order chi connectivity index (χ0) is 94.4. The molecule has 3 amide bonds. The van der Waals surface area contributed by atoms with Crippen LogP contribution in [0.4, 0.5) is 11.4 Å². The first-order valence-electron chi connectivity index (χ1n) is 38.6. The molecule has 137 heavy (non-hydrogen) atoms. The van der Waals surface area contributed by atoms with E-state index in [1.807, 2.05) is 103 Å². The fourth-order valence-electron chi connectivity index (χ4n) is 13.5. The second kappa shape index (κ2) is 59.8. The average molecular weight is 2330 g/mol. The number of hydrogen-bond acceptors (Lipinski definition) is 21. The van der Waals surface area contributed by atoms with E-state index >= 15 is 0 Å². The van der Waals surface area contributed by atoms with E-state index in [2.05, 4.69) is 54.2 Å². The van der Waals surface area contributed by atoms with Gasteiger partial charge in [-0.15, -0.1) is 11.8 Å². The van der Waals surface area contributed by atoms with Crippen LogP contribution in [-0.4, -0.2) is 108 Å². The Kier molecular flexibility index (Phi) is 54.6. The fraction of sp³-hybridized carbons (Fsp3) is 0.151. The van der Waals surface area contributed by atoms with Crippen LogP contribution in [0.25, 0.3) is 44.3 Å². The number of amides is 3. The third-order valence-corrected chi connectivity index (χ3v) is 24.7. The topological polar surface area (TPSA) is 416 Å². The Labute approximate surface area is 931 Å². The first-order chi connectivity index (χ1) is 61.9. The molecule has 11 aromatic carbocycles. The van der Waals surface area contributed by atoms with Crippen LogP contribution in [0.3, 0.4) is 0 Å². The summed E-state index contributed by atoms with van der Waals surface area (Å²) in [7, 11) is 3.87. The number of aromatic nitrogens is 2. The van der Waals surface area contributed by atoms with E-state index in [0.29, 0.717) is 75.8 Å². The number of nitrogens with zero attached hydrogens (tertiary/aromatic N) is 2. The van der Waals surface area contributed by atoms with Crippen molar-refractivity contribution < 1.29 is 151 Å². The zero-order valence-electron chi connectivity index (χ0n) is 72.6. The maximum Gasteiger partial charge on any atom is 1.00 e. The van der Waals surface area contributed by atoms with Crippen LogP contribution >= 0.6 is 205 Å². The van der Waals surface area contributed by atoms with Crippen molar-refractivity contribution in [3.63, 3.8) is 0 Å². The van der Waals surface area contributed by atoms with Crippen molar-refractivity contribution in [1.29, 1.82) is 0 Å². The molecule has 13 aromatic rings. The molecule has 14 rings (SSSR count). The summed E-state index contributed by atoms with van der Waals surface area (Å²) in [6, 6.07) is 68.1. The minimum atomic E-state index is -5.94. The summed E-state index contributed by atoms with van der Waals surface area (Å²) in [6.07, 6.45) is 1.64. The average Bonchev–Trinajstić information content (AvgIpc) is 0.777. The van der Waals surface area contributed by atoms with Gasteiger partial charge in [0, 0.05) is 78.3 Å². The van der Waals surface area contributed by atoms with Crippen LogP contribution in [0.1, 0.15) is 82.2 Å². The van der Waals surface area contributed by atoms with Gasteiger partial charge in [-0.2, -0.15) is 54.0 Å². The fourth-order valence-corrected chi connectivity index (χ4v) is 18.3. The number of methoxy groups -OCH3 is 3. The molecule has 24 nitrogen and oxygen atoms in total. The number of halogens is 13. The number of hydrogen-bond donors (Lipinski definition) is 7. The summed E-state index contributed by atoms with van der Waals surface area (Å²) in [6.45, 7) is 0. The summed E-state index contributed by atoms with van der Waals surface area (Å²) in [5.41, 5.74) is 22.2. The summed E-state index contributed by atoms with van der Waals surface area (Å²) >= 11 is 71.2. The van der Waals surface area contributed by atoms with Crippen molar-refractivity contribution in [3.8, 4) is 22.5 Å². The van der Waals surface area contributed by atoms with Gasteiger partial charge in [-0.25, -0.2) is 24.4 Å². The van der Waals surface area contributed by atoms with Crippen molar-refractivity contribution in [2.24, 2.45) is 5.73 Å². The number of aliphatic carboxylic acids is 1. The number of carbonyl (C=O) groups is 7. The molecule has 0 saturated carbocycles. The van der Waals surface area contributed by atoms with Crippen molar-refractivity contribution in [3.05, 3.63) is 353 Å². The number of fused-ring (bicyclic) bond motifs is 3. The Hall–Kier alpha value is -6.15. The maximum absolute atomic E-state index is 13.1. The van der Waals surface area contributed by atoms with Gasteiger partial charge in [0.1, 0.15) is 44.3 Å². The molecule has 1 aliphatic rings. The molecule has 0 bridgehead atoms. The predicted molar refractivity (Wildman–Crippen MR) is 547 cm³/mol. The molecule has 0 radical (unpaired) electrons. The van der Waals surface area contributed by atoms with Crippen molar-refractivity contribution in [1.82, 2.24) is 25.9 Å². The Morgan fingerprint density at radius 2 is 0.759 bits per heavy atom. The van der Waals surface area contributed by atoms with Crippen molar-refractivity contribution in [2.75, 3.05) is 32.4 Å².